The zero-order valence-corrected chi connectivity index (χ0v) is 29.2. The average Bonchev–Trinajstić information content (AvgIpc) is 3.12. The van der Waals surface area contributed by atoms with Crippen molar-refractivity contribution in [2.24, 2.45) is 34.4 Å². The minimum absolute atomic E-state index is 0.0190. The number of carbonyl (C=O) groups excluding carboxylic acids is 2. The van der Waals surface area contributed by atoms with Gasteiger partial charge in [-0.15, -0.1) is 6.58 Å². The van der Waals surface area contributed by atoms with E-state index in [0.717, 1.165) is 11.2 Å². The Kier molecular flexibility index (Phi) is 16.8. The minimum atomic E-state index is -3.04. The molecule has 0 saturated carbocycles. The molecule has 0 radical (unpaired) electrons. The highest BCUT2D eigenvalue weighted by atomic mass is 16.8. The summed E-state index contributed by atoms with van der Waals surface area (Å²) in [4.78, 5) is 30.3. The Morgan fingerprint density at radius 3 is 2.54 bits per heavy atom. The molecule has 0 aromatic rings. The molecule has 3 aliphatic heterocycles. The van der Waals surface area contributed by atoms with Crippen molar-refractivity contribution >= 4 is 17.9 Å². The molecule has 12 atom stereocenters. The second kappa shape index (κ2) is 20.3. The number of likely N-dealkylation sites (tertiary alicyclic amines) is 1. The number of ether oxygens (including phenoxy) is 5. The molecule has 2 saturated heterocycles. The summed E-state index contributed by atoms with van der Waals surface area (Å²) in [5.41, 5.74) is 6.11. The van der Waals surface area contributed by atoms with Crippen molar-refractivity contribution in [1.29, 1.82) is 0 Å². The number of rotatable bonds is 18. The molecule has 52 heavy (non-hydrogen) atoms. The molecule has 0 spiro atoms. The fraction of sp³-hybridized carbons (Fsp3) is 0.719. The molecule has 12 unspecified atom stereocenters. The topological polar surface area (TPSA) is 316 Å². The summed E-state index contributed by atoms with van der Waals surface area (Å²) < 4.78 is 28.2. The highest BCUT2D eigenvalue weighted by molar-refractivity contribution is 5.89. The monoisotopic (exact) mass is 748 g/mol. The van der Waals surface area contributed by atoms with Crippen molar-refractivity contribution in [3.63, 3.8) is 0 Å². The highest BCUT2D eigenvalue weighted by Crippen LogP contribution is 2.38. The molecule has 0 amide bonds. The number of carboxylic acids is 1. The molecular weight excluding hydrogens is 694 g/mol. The van der Waals surface area contributed by atoms with E-state index in [1.165, 1.54) is 18.5 Å². The standard InChI is InChI=1S/C32H53N5O15/c1-4-18-19(7-6-17-12-37(9-11-39)13-20(27(43)44)24(17)36-31(33)35-8-5-10-38)21(28(45)48-3)16-49-29(18)52-30-26(51-23(15-41)34-2)32(46,47)25(42)22(14-40)50-30/h4,6-7,16-20,22-26,29-30,34,38-42,46-47H,1,5,8-15H2,2-3H3,(H,43,44)(H3,33,35,36)/p+1. The first-order valence-electron chi connectivity index (χ1n) is 17.0. The van der Waals surface area contributed by atoms with E-state index in [0.29, 0.717) is 13.0 Å². The molecule has 0 aliphatic carbocycles. The van der Waals surface area contributed by atoms with Gasteiger partial charge in [0.2, 0.25) is 18.3 Å². The number of methoxy groups -OCH3 is 1. The second-order valence-corrected chi connectivity index (χ2v) is 12.7. The summed E-state index contributed by atoms with van der Waals surface area (Å²) in [5, 5.41) is 87.5. The maximum atomic E-state index is 13.0. The lowest BCUT2D eigenvalue weighted by molar-refractivity contribution is -0.911. The molecule has 3 heterocycles. The molecule has 0 aromatic carbocycles. The first-order chi connectivity index (χ1) is 24.8. The number of aliphatic hydroxyl groups is 7. The molecule has 3 rings (SSSR count). The van der Waals surface area contributed by atoms with Crippen LogP contribution in [0.5, 0.6) is 0 Å². The predicted octanol–water partition coefficient (Wildman–Crippen LogP) is -8.43. The van der Waals surface area contributed by atoms with Crippen LogP contribution < -0.4 is 26.4 Å². The third-order valence-corrected chi connectivity index (χ3v) is 9.37. The number of quaternary nitrogens is 2. The number of aliphatic imine (C=N–C) groups is 1. The summed E-state index contributed by atoms with van der Waals surface area (Å²) in [6.45, 7) is 3.02. The van der Waals surface area contributed by atoms with Crippen LogP contribution in [-0.2, 0) is 33.3 Å². The van der Waals surface area contributed by atoms with Crippen molar-refractivity contribution in [2.45, 2.75) is 55.4 Å². The summed E-state index contributed by atoms with van der Waals surface area (Å²) >= 11 is 0. The quantitative estimate of drug-likeness (QED) is 0.0155. The van der Waals surface area contributed by atoms with Gasteiger partial charge in [0.1, 0.15) is 25.4 Å². The Hall–Kier alpha value is -3.25. The van der Waals surface area contributed by atoms with Gasteiger partial charge in [0.05, 0.1) is 76.1 Å². The molecule has 20 nitrogen and oxygen atoms in total. The number of hydrogen-bond donors (Lipinski definition) is 11. The Bertz CT molecular complexity index is 1260. The number of aliphatic carboxylic acids is 1. The fourth-order valence-corrected chi connectivity index (χ4v) is 6.54. The van der Waals surface area contributed by atoms with E-state index >= 15 is 0 Å². The molecular formula is C32H54N5O15+. The molecule has 20 heteroatoms. The van der Waals surface area contributed by atoms with E-state index in [4.69, 9.17) is 34.5 Å². The van der Waals surface area contributed by atoms with Crippen LogP contribution in [0.2, 0.25) is 0 Å². The van der Waals surface area contributed by atoms with E-state index in [9.17, 15) is 45.3 Å². The van der Waals surface area contributed by atoms with E-state index in [1.807, 2.05) is 0 Å². The molecule has 0 bridgehead atoms. The second-order valence-electron chi connectivity index (χ2n) is 12.7. The summed E-state index contributed by atoms with van der Waals surface area (Å²) in [6.07, 6.45) is -3.47. The van der Waals surface area contributed by atoms with Gasteiger partial charge in [-0.3, -0.25) is 4.99 Å². The number of nitrogens with zero attached hydrogens (tertiary/aromatic N) is 1. The number of nitrogens with one attached hydrogen (secondary N) is 2. The van der Waals surface area contributed by atoms with Crippen LogP contribution >= 0.6 is 0 Å². The zero-order valence-electron chi connectivity index (χ0n) is 29.2. The summed E-state index contributed by atoms with van der Waals surface area (Å²) in [7, 11) is 2.71. The molecule has 13 N–H and O–H groups in total. The van der Waals surface area contributed by atoms with Gasteiger partial charge in [-0.2, -0.15) is 0 Å². The first-order valence-corrected chi connectivity index (χ1v) is 17.0. The molecule has 2 fully saturated rings. The highest BCUT2D eigenvalue weighted by Gasteiger charge is 2.58. The molecule has 0 aromatic heterocycles. The van der Waals surface area contributed by atoms with E-state index < -0.39 is 97.8 Å². The van der Waals surface area contributed by atoms with Crippen LogP contribution in [0, 0.1) is 23.7 Å². The molecule has 296 valence electrons. The first kappa shape index (κ1) is 43.2. The Morgan fingerprint density at radius 1 is 1.23 bits per heavy atom. The van der Waals surface area contributed by atoms with Gasteiger partial charge < -0.3 is 90.6 Å². The van der Waals surface area contributed by atoms with Gasteiger partial charge in [0, 0.05) is 25.0 Å². The van der Waals surface area contributed by atoms with Crippen molar-refractivity contribution in [3.8, 4) is 0 Å². The van der Waals surface area contributed by atoms with Crippen LogP contribution in [0.3, 0.4) is 0 Å². The number of allylic oxidation sites excluding steroid dienone is 1. The predicted molar refractivity (Wildman–Crippen MR) is 175 cm³/mol. The van der Waals surface area contributed by atoms with Crippen LogP contribution in [-0.4, -0.2) is 169 Å². The maximum Gasteiger partial charge on any atom is 0.337 e. The average molecular weight is 749 g/mol. The Morgan fingerprint density at radius 2 is 1.96 bits per heavy atom. The fourth-order valence-electron chi connectivity index (χ4n) is 6.54. The number of likely N-dealkylation sites (N-methyl/N-ethyl adjacent to an activating group) is 1. The largest absolute Gasteiger partial charge is 0.550 e. The van der Waals surface area contributed by atoms with Gasteiger partial charge in [-0.05, 0) is 6.42 Å². The Labute approximate surface area is 300 Å². The number of carboxylic acid groups (broad SMARTS) is 1. The lowest BCUT2D eigenvalue weighted by Gasteiger charge is -2.48. The smallest absolute Gasteiger partial charge is 0.337 e. The van der Waals surface area contributed by atoms with Crippen LogP contribution in [0.15, 0.2) is 41.6 Å². The Balaban J connectivity index is 2.02. The van der Waals surface area contributed by atoms with Gasteiger partial charge in [-0.1, -0.05) is 18.2 Å². The lowest BCUT2D eigenvalue weighted by atomic mass is 9.79. The van der Waals surface area contributed by atoms with Crippen molar-refractivity contribution in [2.75, 3.05) is 66.8 Å². The van der Waals surface area contributed by atoms with E-state index in [-0.39, 0.29) is 44.4 Å². The normalized spacial score (nSPS) is 34.2. The van der Waals surface area contributed by atoms with Crippen LogP contribution in [0.25, 0.3) is 0 Å². The number of carbonyl (C=O) groups is 2. The number of piperidine rings is 1. The van der Waals surface area contributed by atoms with E-state index in [1.54, 1.807) is 19.2 Å². The number of nitrogens with two attached hydrogens (primary N) is 2. The number of guanidine groups is 1. The summed E-state index contributed by atoms with van der Waals surface area (Å²) in [5.74, 6) is -8.72. The van der Waals surface area contributed by atoms with Crippen LogP contribution in [0.4, 0.5) is 0 Å². The third kappa shape index (κ3) is 10.5. The van der Waals surface area contributed by atoms with Crippen molar-refractivity contribution < 1.29 is 84.3 Å². The SMILES string of the molecule is C=CC1C(OC2OC(CO)C(O)C(O)(O)C2OC(CO)[NH2+]C)OC=C(C(=O)OC)C1C=CC1C[NH+](CCO)CC(C(=O)[O-])C1NC(N)=NCCCO. The van der Waals surface area contributed by atoms with Crippen molar-refractivity contribution in [3.05, 3.63) is 36.6 Å². The van der Waals surface area contributed by atoms with Crippen LogP contribution in [0.1, 0.15) is 6.42 Å². The van der Waals surface area contributed by atoms with E-state index in [2.05, 4.69) is 16.9 Å². The van der Waals surface area contributed by atoms with Gasteiger partial charge in [0.25, 0.3) is 0 Å². The van der Waals surface area contributed by atoms with Gasteiger partial charge in [-0.25, -0.2) is 4.79 Å². The van der Waals surface area contributed by atoms with Gasteiger partial charge in [0.15, 0.2) is 18.4 Å². The maximum absolute atomic E-state index is 13.0. The summed E-state index contributed by atoms with van der Waals surface area (Å²) in [6, 6.07) is -0.839. The third-order valence-electron chi connectivity index (χ3n) is 9.37. The van der Waals surface area contributed by atoms with Gasteiger partial charge >= 0.3 is 5.97 Å². The lowest BCUT2D eigenvalue weighted by Crippen LogP contribution is -3.16. The number of esters is 1. The minimum Gasteiger partial charge on any atom is -0.550 e. The number of aliphatic hydroxyl groups excluding tert-OH is 5. The molecule has 3 aliphatic rings. The zero-order chi connectivity index (χ0) is 38.6. The number of hydrogen-bond acceptors (Lipinski definition) is 16. The van der Waals surface area contributed by atoms with Crippen molar-refractivity contribution in [1.82, 2.24) is 5.32 Å².